The first-order valence-electron chi connectivity index (χ1n) is 7.76. The van der Waals surface area contributed by atoms with Gasteiger partial charge in [-0.3, -0.25) is 4.79 Å². The Bertz CT molecular complexity index is 454. The summed E-state index contributed by atoms with van der Waals surface area (Å²) in [5.41, 5.74) is 0. The molecule has 2 rings (SSSR count). The number of carbonyl (C=O) groups is 1. The van der Waals surface area contributed by atoms with Crippen LogP contribution in [0.2, 0.25) is 0 Å². The Morgan fingerprint density at radius 1 is 1.33 bits per heavy atom. The fraction of sp³-hybridized carbons (Fsp3) is 0.857. The molecule has 0 aliphatic carbocycles. The lowest BCUT2D eigenvalue weighted by Gasteiger charge is -2.16. The van der Waals surface area contributed by atoms with Gasteiger partial charge in [-0.15, -0.1) is 5.10 Å². The highest BCUT2D eigenvalue weighted by atomic mass is 16.4. The van der Waals surface area contributed by atoms with E-state index in [4.69, 9.17) is 0 Å². The maximum Gasteiger partial charge on any atom is 0.308 e. The third-order valence-electron chi connectivity index (χ3n) is 3.95. The molecule has 0 bridgehead atoms. The first kappa shape index (κ1) is 15.9. The van der Waals surface area contributed by atoms with Gasteiger partial charge in [0.25, 0.3) is 0 Å². The number of nitrogens with zero attached hydrogens (tertiary/aromatic N) is 5. The molecule has 0 saturated carbocycles. The van der Waals surface area contributed by atoms with Gasteiger partial charge in [0.2, 0.25) is 0 Å². The minimum atomic E-state index is -0.773. The number of likely N-dealkylation sites (tertiary alicyclic amines) is 1. The minimum absolute atomic E-state index is 0.343. The van der Waals surface area contributed by atoms with Gasteiger partial charge in [0, 0.05) is 13.0 Å². The van der Waals surface area contributed by atoms with Crippen molar-refractivity contribution in [2.75, 3.05) is 19.6 Å². The van der Waals surface area contributed by atoms with E-state index in [2.05, 4.69) is 20.4 Å². The normalized spacial score (nSPS) is 17.5. The highest BCUT2D eigenvalue weighted by molar-refractivity contribution is 5.69. The van der Waals surface area contributed by atoms with Gasteiger partial charge >= 0.3 is 5.97 Å². The zero-order chi connectivity index (χ0) is 15.2. The number of hydrogen-bond donors (Lipinski definition) is 1. The van der Waals surface area contributed by atoms with Crippen LogP contribution in [-0.4, -0.2) is 55.8 Å². The zero-order valence-electron chi connectivity index (χ0n) is 12.9. The smallest absolute Gasteiger partial charge is 0.308 e. The maximum atomic E-state index is 11.3. The van der Waals surface area contributed by atoms with E-state index in [-0.39, 0.29) is 0 Å². The SMILES string of the molecule is CC(C)CC(Cn1nnnc1CCN1CCCC1)C(=O)O. The average Bonchev–Trinajstić information content (AvgIpc) is 3.05. The Morgan fingerprint density at radius 3 is 2.67 bits per heavy atom. The largest absolute Gasteiger partial charge is 0.481 e. The molecular weight excluding hydrogens is 270 g/mol. The zero-order valence-corrected chi connectivity index (χ0v) is 12.9. The molecule has 0 amide bonds. The van der Waals surface area contributed by atoms with Gasteiger partial charge in [0.05, 0.1) is 12.5 Å². The number of carboxylic acids is 1. The molecule has 2 heterocycles. The molecule has 0 aromatic carbocycles. The molecule has 1 saturated heterocycles. The van der Waals surface area contributed by atoms with Crippen molar-refractivity contribution in [2.45, 2.75) is 46.1 Å². The summed E-state index contributed by atoms with van der Waals surface area (Å²) in [5, 5.41) is 21.1. The summed E-state index contributed by atoms with van der Waals surface area (Å²) in [5.74, 6) is -0.0729. The summed E-state index contributed by atoms with van der Waals surface area (Å²) in [7, 11) is 0. The van der Waals surface area contributed by atoms with E-state index in [9.17, 15) is 9.90 Å². The van der Waals surface area contributed by atoms with Crippen LogP contribution in [0.4, 0.5) is 0 Å². The van der Waals surface area contributed by atoms with Crippen molar-refractivity contribution in [2.24, 2.45) is 11.8 Å². The van der Waals surface area contributed by atoms with Crippen LogP contribution in [0.3, 0.4) is 0 Å². The lowest BCUT2D eigenvalue weighted by Crippen LogP contribution is -2.26. The van der Waals surface area contributed by atoms with Crippen LogP contribution in [0.25, 0.3) is 0 Å². The summed E-state index contributed by atoms with van der Waals surface area (Å²) >= 11 is 0. The van der Waals surface area contributed by atoms with E-state index < -0.39 is 11.9 Å². The van der Waals surface area contributed by atoms with E-state index in [0.29, 0.717) is 18.9 Å². The number of carboxylic acid groups (broad SMARTS) is 1. The Morgan fingerprint density at radius 2 is 2.05 bits per heavy atom. The van der Waals surface area contributed by atoms with Gasteiger partial charge in [0.1, 0.15) is 0 Å². The van der Waals surface area contributed by atoms with E-state index in [0.717, 1.165) is 31.9 Å². The van der Waals surface area contributed by atoms with Gasteiger partial charge in [-0.1, -0.05) is 13.8 Å². The van der Waals surface area contributed by atoms with Crippen LogP contribution in [0.1, 0.15) is 38.9 Å². The molecule has 1 aromatic rings. The van der Waals surface area contributed by atoms with Crippen molar-refractivity contribution < 1.29 is 9.90 Å². The fourth-order valence-electron chi connectivity index (χ4n) is 2.84. The molecule has 1 N–H and O–H groups in total. The molecule has 21 heavy (non-hydrogen) atoms. The molecule has 1 aliphatic rings. The summed E-state index contributed by atoms with van der Waals surface area (Å²) in [6, 6.07) is 0. The topological polar surface area (TPSA) is 84.1 Å². The van der Waals surface area contributed by atoms with Gasteiger partial charge in [-0.05, 0) is 48.7 Å². The molecule has 7 heteroatoms. The van der Waals surface area contributed by atoms with Gasteiger partial charge in [0.15, 0.2) is 5.82 Å². The Hall–Kier alpha value is -1.50. The molecule has 0 spiro atoms. The molecular formula is C14H25N5O2. The fourth-order valence-corrected chi connectivity index (χ4v) is 2.84. The van der Waals surface area contributed by atoms with E-state index in [1.165, 1.54) is 12.8 Å². The van der Waals surface area contributed by atoms with E-state index in [1.54, 1.807) is 4.68 Å². The average molecular weight is 295 g/mol. The van der Waals surface area contributed by atoms with Crippen LogP contribution in [0.5, 0.6) is 0 Å². The quantitative estimate of drug-likeness (QED) is 0.772. The number of aliphatic carboxylic acids is 1. The Labute approximate surface area is 125 Å². The van der Waals surface area contributed by atoms with E-state index in [1.807, 2.05) is 13.8 Å². The second kappa shape index (κ2) is 7.49. The monoisotopic (exact) mass is 295 g/mol. The van der Waals surface area contributed by atoms with Crippen molar-refractivity contribution in [3.05, 3.63) is 5.82 Å². The molecule has 1 aliphatic heterocycles. The van der Waals surface area contributed by atoms with Crippen LogP contribution in [0.15, 0.2) is 0 Å². The number of aromatic nitrogens is 4. The van der Waals surface area contributed by atoms with Gasteiger partial charge in [-0.2, -0.15) is 0 Å². The Kier molecular flexibility index (Phi) is 5.67. The molecule has 0 radical (unpaired) electrons. The minimum Gasteiger partial charge on any atom is -0.481 e. The Balaban J connectivity index is 1.92. The van der Waals surface area contributed by atoms with Crippen LogP contribution in [-0.2, 0) is 17.8 Å². The van der Waals surface area contributed by atoms with Crippen LogP contribution < -0.4 is 0 Å². The lowest BCUT2D eigenvalue weighted by molar-refractivity contribution is -0.142. The van der Waals surface area contributed by atoms with Crippen LogP contribution >= 0.6 is 0 Å². The third kappa shape index (κ3) is 4.77. The van der Waals surface area contributed by atoms with Crippen molar-refractivity contribution in [1.29, 1.82) is 0 Å². The second-order valence-corrected chi connectivity index (χ2v) is 6.24. The maximum absolute atomic E-state index is 11.3. The molecule has 7 nitrogen and oxygen atoms in total. The summed E-state index contributed by atoms with van der Waals surface area (Å²) < 4.78 is 1.66. The van der Waals surface area contributed by atoms with E-state index >= 15 is 0 Å². The molecule has 1 fully saturated rings. The first-order valence-corrected chi connectivity index (χ1v) is 7.76. The highest BCUT2D eigenvalue weighted by Crippen LogP contribution is 2.15. The number of hydrogen-bond acceptors (Lipinski definition) is 5. The predicted molar refractivity (Wildman–Crippen MR) is 77.8 cm³/mol. The van der Waals surface area contributed by atoms with Crippen molar-refractivity contribution >= 4 is 5.97 Å². The molecule has 118 valence electrons. The predicted octanol–water partition coefficient (Wildman–Crippen LogP) is 1.06. The van der Waals surface area contributed by atoms with Crippen molar-refractivity contribution in [3.63, 3.8) is 0 Å². The summed E-state index contributed by atoms with van der Waals surface area (Å²) in [6.45, 7) is 7.66. The van der Waals surface area contributed by atoms with Crippen LogP contribution in [0, 0.1) is 11.8 Å². The van der Waals surface area contributed by atoms with Crippen molar-refractivity contribution in [1.82, 2.24) is 25.1 Å². The standard InChI is InChI=1S/C14H25N5O2/c1-11(2)9-12(14(20)21)10-19-13(15-16-17-19)5-8-18-6-3-4-7-18/h11-12H,3-10H2,1-2H3,(H,20,21). The molecule has 1 atom stereocenters. The summed E-state index contributed by atoms with van der Waals surface area (Å²) in [6.07, 6.45) is 3.95. The number of rotatable bonds is 8. The second-order valence-electron chi connectivity index (χ2n) is 6.24. The van der Waals surface area contributed by atoms with Gasteiger partial charge < -0.3 is 10.0 Å². The molecule has 1 aromatic heterocycles. The molecule has 1 unspecified atom stereocenters. The lowest BCUT2D eigenvalue weighted by atomic mass is 9.97. The number of tetrazole rings is 1. The van der Waals surface area contributed by atoms with Crippen molar-refractivity contribution in [3.8, 4) is 0 Å². The summed E-state index contributed by atoms with van der Waals surface area (Å²) in [4.78, 5) is 13.8. The van der Waals surface area contributed by atoms with Gasteiger partial charge in [-0.25, -0.2) is 4.68 Å². The third-order valence-corrected chi connectivity index (χ3v) is 3.95. The highest BCUT2D eigenvalue weighted by Gasteiger charge is 2.22. The first-order chi connectivity index (χ1) is 10.1.